The summed E-state index contributed by atoms with van der Waals surface area (Å²) in [6.07, 6.45) is 1.73. The van der Waals surface area contributed by atoms with Gasteiger partial charge in [0.2, 0.25) is 0 Å². The molecule has 1 amide bonds. The third-order valence-electron chi connectivity index (χ3n) is 5.01. The highest BCUT2D eigenvalue weighted by Crippen LogP contribution is 2.39. The number of anilines is 1. The number of hydrogen-bond donors (Lipinski definition) is 1. The molecule has 1 N–H and O–H groups in total. The predicted molar refractivity (Wildman–Crippen MR) is 125 cm³/mol. The summed E-state index contributed by atoms with van der Waals surface area (Å²) in [7, 11) is 1.60. The molecular formula is C26H19ClN2O3. The largest absolute Gasteiger partial charge is 0.497 e. The van der Waals surface area contributed by atoms with Crippen molar-refractivity contribution in [3.8, 4) is 17.6 Å². The molecular weight excluding hydrogens is 424 g/mol. The highest BCUT2D eigenvalue weighted by atomic mass is 35.5. The molecule has 0 unspecified atom stereocenters. The molecule has 0 bridgehead atoms. The molecule has 3 aromatic rings. The van der Waals surface area contributed by atoms with Gasteiger partial charge in [-0.05, 0) is 73.7 Å². The van der Waals surface area contributed by atoms with Gasteiger partial charge in [0.25, 0.3) is 5.91 Å². The summed E-state index contributed by atoms with van der Waals surface area (Å²) >= 11 is 5.92. The van der Waals surface area contributed by atoms with Gasteiger partial charge in [0.05, 0.1) is 7.11 Å². The van der Waals surface area contributed by atoms with Crippen molar-refractivity contribution < 1.29 is 14.3 Å². The quantitative estimate of drug-likeness (QED) is 0.397. The molecule has 1 heterocycles. The standard InChI is InChI=1S/C26H19ClN2O3/c1-16-3-12-24-22(13-16)21(14-25(32-24)17-4-10-20(31-2)11-5-17)23(15-28)26(30)29-19-8-6-18(27)7-9-19/h3-14H,1-2H3,(H,29,30). The van der Waals surface area contributed by atoms with Crippen molar-refractivity contribution >= 4 is 34.5 Å². The number of rotatable bonds is 4. The normalized spacial score (nSPS) is 13.8. The van der Waals surface area contributed by atoms with E-state index in [4.69, 9.17) is 21.1 Å². The fraction of sp³-hybridized carbons (Fsp3) is 0.0769. The Hall–Kier alpha value is -4.01. The maximum atomic E-state index is 13.0. The van der Waals surface area contributed by atoms with E-state index in [-0.39, 0.29) is 5.57 Å². The highest BCUT2D eigenvalue weighted by Gasteiger charge is 2.24. The van der Waals surface area contributed by atoms with Crippen LogP contribution in [0.5, 0.6) is 11.5 Å². The minimum absolute atomic E-state index is 0.0129. The number of ether oxygens (including phenoxy) is 2. The summed E-state index contributed by atoms with van der Waals surface area (Å²) in [6.45, 7) is 1.94. The van der Waals surface area contributed by atoms with Gasteiger partial charge in [-0.2, -0.15) is 5.26 Å². The lowest BCUT2D eigenvalue weighted by molar-refractivity contribution is -0.112. The molecule has 32 heavy (non-hydrogen) atoms. The lowest BCUT2D eigenvalue weighted by atomic mass is 9.93. The molecule has 0 fully saturated rings. The third kappa shape index (κ3) is 4.36. The number of methoxy groups -OCH3 is 1. The van der Waals surface area contributed by atoms with Crippen LogP contribution >= 0.6 is 11.6 Å². The van der Waals surface area contributed by atoms with Crippen LogP contribution < -0.4 is 14.8 Å². The molecule has 158 valence electrons. The average Bonchev–Trinajstić information content (AvgIpc) is 2.81. The van der Waals surface area contributed by atoms with Gasteiger partial charge in [-0.25, -0.2) is 0 Å². The van der Waals surface area contributed by atoms with Gasteiger partial charge in [-0.1, -0.05) is 23.2 Å². The van der Waals surface area contributed by atoms with Gasteiger partial charge >= 0.3 is 0 Å². The molecule has 1 aliphatic rings. The van der Waals surface area contributed by atoms with E-state index in [0.717, 1.165) is 16.9 Å². The lowest BCUT2D eigenvalue weighted by Crippen LogP contribution is -2.16. The Bertz CT molecular complexity index is 1280. The van der Waals surface area contributed by atoms with Crippen LogP contribution in [0.15, 0.2) is 78.4 Å². The first-order chi connectivity index (χ1) is 15.5. The highest BCUT2D eigenvalue weighted by molar-refractivity contribution is 6.30. The van der Waals surface area contributed by atoms with Gasteiger partial charge in [0.15, 0.2) is 0 Å². The van der Waals surface area contributed by atoms with E-state index in [0.29, 0.717) is 33.4 Å². The van der Waals surface area contributed by atoms with E-state index in [1.807, 2.05) is 49.4 Å². The zero-order chi connectivity index (χ0) is 22.7. The second-order valence-corrected chi connectivity index (χ2v) is 7.64. The SMILES string of the molecule is COc1ccc(C2=CC(=C(C#N)C(=O)Nc3ccc(Cl)cc3)c3cc(C)ccc3O2)cc1. The molecule has 0 atom stereocenters. The van der Waals surface area contributed by atoms with E-state index in [1.54, 1.807) is 37.5 Å². The predicted octanol–water partition coefficient (Wildman–Crippen LogP) is 6.01. The van der Waals surface area contributed by atoms with E-state index in [1.165, 1.54) is 0 Å². The first-order valence-corrected chi connectivity index (χ1v) is 10.2. The number of fused-ring (bicyclic) bond motifs is 1. The first-order valence-electron chi connectivity index (χ1n) is 9.85. The Morgan fingerprint density at radius 3 is 2.44 bits per heavy atom. The number of benzene rings is 3. The number of carbonyl (C=O) groups excluding carboxylic acids is 1. The number of allylic oxidation sites excluding steroid dienone is 2. The lowest BCUT2D eigenvalue weighted by Gasteiger charge is -2.22. The molecule has 0 aromatic heterocycles. The van der Waals surface area contributed by atoms with E-state index >= 15 is 0 Å². The van der Waals surface area contributed by atoms with Crippen LogP contribution in [0, 0.1) is 18.3 Å². The minimum atomic E-state index is -0.510. The van der Waals surface area contributed by atoms with Crippen molar-refractivity contribution in [3.05, 3.63) is 100 Å². The summed E-state index contributed by atoms with van der Waals surface area (Å²) in [6, 6.07) is 21.8. The summed E-state index contributed by atoms with van der Waals surface area (Å²) in [5.74, 6) is 1.32. The first kappa shape index (κ1) is 21.2. The molecule has 0 saturated carbocycles. The molecule has 0 saturated heterocycles. The van der Waals surface area contributed by atoms with Gasteiger partial charge in [0.1, 0.15) is 28.9 Å². The maximum absolute atomic E-state index is 13.0. The van der Waals surface area contributed by atoms with Crippen LogP contribution in [0.2, 0.25) is 5.02 Å². The molecule has 4 rings (SSSR count). The van der Waals surface area contributed by atoms with Crippen molar-refractivity contribution in [3.63, 3.8) is 0 Å². The van der Waals surface area contributed by atoms with Gasteiger partial charge in [-0.15, -0.1) is 0 Å². The van der Waals surface area contributed by atoms with Crippen molar-refractivity contribution in [2.24, 2.45) is 0 Å². The number of nitrogens with zero attached hydrogens (tertiary/aromatic N) is 1. The Labute approximate surface area is 191 Å². The van der Waals surface area contributed by atoms with E-state index < -0.39 is 5.91 Å². The van der Waals surface area contributed by atoms with Crippen LogP contribution in [-0.4, -0.2) is 13.0 Å². The minimum Gasteiger partial charge on any atom is -0.497 e. The van der Waals surface area contributed by atoms with Crippen molar-refractivity contribution in [2.45, 2.75) is 6.92 Å². The molecule has 0 spiro atoms. The molecule has 0 radical (unpaired) electrons. The zero-order valence-electron chi connectivity index (χ0n) is 17.5. The Morgan fingerprint density at radius 2 is 1.78 bits per heavy atom. The molecule has 5 nitrogen and oxygen atoms in total. The zero-order valence-corrected chi connectivity index (χ0v) is 18.2. The van der Waals surface area contributed by atoms with Crippen molar-refractivity contribution in [2.75, 3.05) is 12.4 Å². The topological polar surface area (TPSA) is 71.3 Å². The van der Waals surface area contributed by atoms with E-state index in [9.17, 15) is 10.1 Å². The summed E-state index contributed by atoms with van der Waals surface area (Å²) in [5.41, 5.74) is 3.50. The summed E-state index contributed by atoms with van der Waals surface area (Å²) < 4.78 is 11.3. The fourth-order valence-electron chi connectivity index (χ4n) is 3.36. The van der Waals surface area contributed by atoms with Crippen molar-refractivity contribution in [1.29, 1.82) is 5.26 Å². The fourth-order valence-corrected chi connectivity index (χ4v) is 3.49. The van der Waals surface area contributed by atoms with Gasteiger partial charge < -0.3 is 14.8 Å². The Kier molecular flexibility index (Phi) is 5.98. The molecule has 6 heteroatoms. The Balaban J connectivity index is 1.81. The Morgan fingerprint density at radius 1 is 1.06 bits per heavy atom. The van der Waals surface area contributed by atoms with Crippen LogP contribution in [0.3, 0.4) is 0 Å². The third-order valence-corrected chi connectivity index (χ3v) is 5.26. The second-order valence-electron chi connectivity index (χ2n) is 7.20. The van der Waals surface area contributed by atoms with Crippen LogP contribution in [0.4, 0.5) is 5.69 Å². The number of nitriles is 1. The average molecular weight is 443 g/mol. The summed E-state index contributed by atoms with van der Waals surface area (Å²) in [4.78, 5) is 13.0. The van der Waals surface area contributed by atoms with E-state index in [2.05, 4.69) is 11.4 Å². The number of amides is 1. The van der Waals surface area contributed by atoms with Crippen LogP contribution in [-0.2, 0) is 4.79 Å². The second kappa shape index (κ2) is 9.01. The molecule has 1 aliphatic heterocycles. The number of halogens is 1. The monoisotopic (exact) mass is 442 g/mol. The van der Waals surface area contributed by atoms with Crippen molar-refractivity contribution in [1.82, 2.24) is 0 Å². The summed E-state index contributed by atoms with van der Waals surface area (Å²) in [5, 5.41) is 13.2. The smallest absolute Gasteiger partial charge is 0.266 e. The number of aryl methyl sites for hydroxylation is 1. The number of nitrogens with one attached hydrogen (secondary N) is 1. The number of hydrogen-bond acceptors (Lipinski definition) is 4. The molecule has 0 aliphatic carbocycles. The van der Waals surface area contributed by atoms with Gasteiger partial charge in [-0.3, -0.25) is 4.79 Å². The molecule has 3 aromatic carbocycles. The van der Waals surface area contributed by atoms with Crippen LogP contribution in [0.25, 0.3) is 11.3 Å². The van der Waals surface area contributed by atoms with Gasteiger partial charge in [0, 0.05) is 27.4 Å². The number of carbonyl (C=O) groups is 1. The maximum Gasteiger partial charge on any atom is 0.266 e. The van der Waals surface area contributed by atoms with Crippen LogP contribution in [0.1, 0.15) is 16.7 Å².